The summed E-state index contributed by atoms with van der Waals surface area (Å²) in [5, 5.41) is 0. The van der Waals surface area contributed by atoms with Crippen LogP contribution < -0.4 is 4.74 Å². The molecule has 0 atom stereocenters. The van der Waals surface area contributed by atoms with Crippen LogP contribution in [0.3, 0.4) is 0 Å². The fraction of sp³-hybridized carbons (Fsp3) is 0.368. The Labute approximate surface area is 141 Å². The fourth-order valence-electron chi connectivity index (χ4n) is 2.97. The van der Waals surface area contributed by atoms with Crippen LogP contribution in [0, 0.1) is 11.7 Å². The highest BCUT2D eigenvalue weighted by Crippen LogP contribution is 2.22. The van der Waals surface area contributed by atoms with Crippen molar-refractivity contribution in [2.24, 2.45) is 5.92 Å². The van der Waals surface area contributed by atoms with Crippen molar-refractivity contribution >= 4 is 5.91 Å². The summed E-state index contributed by atoms with van der Waals surface area (Å²) in [7, 11) is 0. The number of benzene rings is 1. The number of nitrogens with zero attached hydrogens (tertiary/aromatic N) is 2. The number of pyridine rings is 1. The molecular weight excluding hydrogens is 307 g/mol. The van der Waals surface area contributed by atoms with Crippen LogP contribution in [0.2, 0.25) is 0 Å². The molecular formula is C19H21FN2O2. The number of hydrogen-bond acceptors (Lipinski definition) is 3. The number of amides is 1. The summed E-state index contributed by atoms with van der Waals surface area (Å²) in [4.78, 5) is 18.3. The standard InChI is InChI=1S/C19H21FN2O2/c20-17-3-5-18(6-4-17)24-13-9-15-7-11-22(12-8-15)19(23)16-2-1-10-21-14-16/h1-6,10,14-15H,7-9,11-13H2. The molecule has 0 bridgehead atoms. The molecule has 0 N–H and O–H groups in total. The molecule has 1 aliphatic rings. The first-order valence-electron chi connectivity index (χ1n) is 8.30. The highest BCUT2D eigenvalue weighted by molar-refractivity contribution is 5.93. The van der Waals surface area contributed by atoms with Gasteiger partial charge in [0.2, 0.25) is 0 Å². The van der Waals surface area contributed by atoms with Crippen molar-refractivity contribution in [2.45, 2.75) is 19.3 Å². The van der Waals surface area contributed by atoms with Crippen molar-refractivity contribution < 1.29 is 13.9 Å². The fourth-order valence-corrected chi connectivity index (χ4v) is 2.97. The lowest BCUT2D eigenvalue weighted by Crippen LogP contribution is -2.38. The summed E-state index contributed by atoms with van der Waals surface area (Å²) in [6.45, 7) is 2.16. The van der Waals surface area contributed by atoms with Crippen molar-refractivity contribution in [1.29, 1.82) is 0 Å². The third-order valence-electron chi connectivity index (χ3n) is 4.42. The zero-order valence-electron chi connectivity index (χ0n) is 13.5. The zero-order valence-corrected chi connectivity index (χ0v) is 13.5. The van der Waals surface area contributed by atoms with Gasteiger partial charge in [0.1, 0.15) is 11.6 Å². The predicted molar refractivity (Wildman–Crippen MR) is 89.4 cm³/mol. The Morgan fingerprint density at radius 2 is 1.96 bits per heavy atom. The Morgan fingerprint density at radius 1 is 1.21 bits per heavy atom. The molecule has 0 radical (unpaired) electrons. The van der Waals surface area contributed by atoms with Gasteiger partial charge >= 0.3 is 0 Å². The van der Waals surface area contributed by atoms with Crippen LogP contribution in [0.25, 0.3) is 0 Å². The van der Waals surface area contributed by atoms with E-state index in [0.717, 1.165) is 32.4 Å². The molecule has 0 unspecified atom stereocenters. The van der Waals surface area contributed by atoms with Gasteiger partial charge in [0.05, 0.1) is 12.2 Å². The summed E-state index contributed by atoms with van der Waals surface area (Å²) in [5.41, 5.74) is 0.649. The summed E-state index contributed by atoms with van der Waals surface area (Å²) >= 11 is 0. The number of piperidine rings is 1. The molecule has 0 saturated carbocycles. The van der Waals surface area contributed by atoms with Crippen molar-refractivity contribution in [3.8, 4) is 5.75 Å². The van der Waals surface area contributed by atoms with E-state index in [-0.39, 0.29) is 11.7 Å². The van der Waals surface area contributed by atoms with Crippen LogP contribution in [0.15, 0.2) is 48.8 Å². The zero-order chi connectivity index (χ0) is 16.8. The van der Waals surface area contributed by atoms with E-state index in [1.54, 1.807) is 36.7 Å². The van der Waals surface area contributed by atoms with Crippen molar-refractivity contribution in [2.75, 3.05) is 19.7 Å². The maximum absolute atomic E-state index is 12.8. The van der Waals surface area contributed by atoms with Gasteiger partial charge in [-0.05, 0) is 61.6 Å². The summed E-state index contributed by atoms with van der Waals surface area (Å²) in [6, 6.07) is 9.68. The second-order valence-corrected chi connectivity index (χ2v) is 6.07. The Morgan fingerprint density at radius 3 is 2.62 bits per heavy atom. The third kappa shape index (κ3) is 4.31. The van der Waals surface area contributed by atoms with Gasteiger partial charge in [0.15, 0.2) is 0 Å². The van der Waals surface area contributed by atoms with E-state index in [2.05, 4.69) is 4.98 Å². The highest BCUT2D eigenvalue weighted by atomic mass is 19.1. The molecule has 1 aromatic carbocycles. The second kappa shape index (κ2) is 7.90. The summed E-state index contributed by atoms with van der Waals surface area (Å²) in [5.74, 6) is 1.06. The van der Waals surface area contributed by atoms with Crippen LogP contribution in [0.1, 0.15) is 29.6 Å². The average molecular weight is 328 g/mol. The van der Waals surface area contributed by atoms with Crippen LogP contribution in [0.4, 0.5) is 4.39 Å². The van der Waals surface area contributed by atoms with E-state index in [1.807, 2.05) is 4.90 Å². The normalized spacial score (nSPS) is 15.3. The molecule has 1 aromatic heterocycles. The number of ether oxygens (including phenoxy) is 1. The van der Waals surface area contributed by atoms with E-state index in [1.165, 1.54) is 12.1 Å². The SMILES string of the molecule is O=C(c1cccnc1)N1CCC(CCOc2ccc(F)cc2)CC1. The summed E-state index contributed by atoms with van der Waals surface area (Å²) < 4.78 is 18.5. The molecule has 2 heterocycles. The number of halogens is 1. The van der Waals surface area contributed by atoms with Gasteiger partial charge in [-0.1, -0.05) is 0 Å². The lowest BCUT2D eigenvalue weighted by Gasteiger charge is -2.32. The lowest BCUT2D eigenvalue weighted by atomic mass is 9.93. The van der Waals surface area contributed by atoms with Crippen LogP contribution >= 0.6 is 0 Å². The number of carbonyl (C=O) groups is 1. The maximum Gasteiger partial charge on any atom is 0.255 e. The highest BCUT2D eigenvalue weighted by Gasteiger charge is 2.23. The maximum atomic E-state index is 12.8. The molecule has 1 amide bonds. The van der Waals surface area contributed by atoms with Gasteiger partial charge in [-0.15, -0.1) is 0 Å². The van der Waals surface area contributed by atoms with Gasteiger partial charge in [0, 0.05) is 25.5 Å². The van der Waals surface area contributed by atoms with Gasteiger partial charge < -0.3 is 9.64 Å². The Bertz CT molecular complexity index is 653. The Hall–Kier alpha value is -2.43. The van der Waals surface area contributed by atoms with Crippen LogP contribution in [0.5, 0.6) is 5.75 Å². The molecule has 3 rings (SSSR count). The van der Waals surface area contributed by atoms with Crippen LogP contribution in [-0.4, -0.2) is 35.5 Å². The third-order valence-corrected chi connectivity index (χ3v) is 4.42. The molecule has 4 nitrogen and oxygen atoms in total. The van der Waals surface area contributed by atoms with Crippen molar-refractivity contribution in [3.63, 3.8) is 0 Å². The first-order valence-corrected chi connectivity index (χ1v) is 8.30. The predicted octanol–water partition coefficient (Wildman–Crippen LogP) is 3.54. The first-order chi connectivity index (χ1) is 11.7. The topological polar surface area (TPSA) is 42.4 Å². The summed E-state index contributed by atoms with van der Waals surface area (Å²) in [6.07, 6.45) is 6.21. The van der Waals surface area contributed by atoms with E-state index >= 15 is 0 Å². The largest absolute Gasteiger partial charge is 0.494 e. The minimum atomic E-state index is -0.256. The average Bonchev–Trinajstić information content (AvgIpc) is 2.64. The van der Waals surface area contributed by atoms with E-state index in [9.17, 15) is 9.18 Å². The monoisotopic (exact) mass is 328 g/mol. The molecule has 126 valence electrons. The smallest absolute Gasteiger partial charge is 0.255 e. The molecule has 1 saturated heterocycles. The Kier molecular flexibility index (Phi) is 5.41. The van der Waals surface area contributed by atoms with Crippen molar-refractivity contribution in [3.05, 3.63) is 60.2 Å². The second-order valence-electron chi connectivity index (χ2n) is 6.07. The first kappa shape index (κ1) is 16.4. The number of carbonyl (C=O) groups excluding carboxylic acids is 1. The van der Waals surface area contributed by atoms with E-state index in [0.29, 0.717) is 23.8 Å². The van der Waals surface area contributed by atoms with Gasteiger partial charge in [0.25, 0.3) is 5.91 Å². The molecule has 1 aliphatic heterocycles. The minimum absolute atomic E-state index is 0.0594. The molecule has 0 aliphatic carbocycles. The van der Waals surface area contributed by atoms with E-state index in [4.69, 9.17) is 4.74 Å². The molecule has 0 spiro atoms. The number of hydrogen-bond donors (Lipinski definition) is 0. The number of rotatable bonds is 5. The molecule has 24 heavy (non-hydrogen) atoms. The number of likely N-dealkylation sites (tertiary alicyclic amines) is 1. The van der Waals surface area contributed by atoms with E-state index < -0.39 is 0 Å². The van der Waals surface area contributed by atoms with Crippen LogP contribution in [-0.2, 0) is 0 Å². The minimum Gasteiger partial charge on any atom is -0.494 e. The quantitative estimate of drug-likeness (QED) is 0.843. The molecule has 1 fully saturated rings. The van der Waals surface area contributed by atoms with Gasteiger partial charge in [-0.3, -0.25) is 9.78 Å². The lowest BCUT2D eigenvalue weighted by molar-refractivity contribution is 0.0679. The molecule has 2 aromatic rings. The Balaban J connectivity index is 1.40. The van der Waals surface area contributed by atoms with Gasteiger partial charge in [-0.25, -0.2) is 4.39 Å². The van der Waals surface area contributed by atoms with Crippen molar-refractivity contribution in [1.82, 2.24) is 9.88 Å². The van der Waals surface area contributed by atoms with Gasteiger partial charge in [-0.2, -0.15) is 0 Å². The number of aromatic nitrogens is 1. The molecule has 5 heteroatoms.